The number of aliphatic hydroxyl groups is 1. The van der Waals surface area contributed by atoms with Crippen LogP contribution >= 0.6 is 0 Å². The molecule has 0 unspecified atom stereocenters. The number of aliphatic hydroxyl groups excluding tert-OH is 1. The van der Waals surface area contributed by atoms with Crippen molar-refractivity contribution >= 4 is 0 Å². The fraction of sp³-hybridized carbons (Fsp3) is 1.00. The van der Waals surface area contributed by atoms with Gasteiger partial charge in [0.25, 0.3) is 0 Å². The molecule has 0 bridgehead atoms. The summed E-state index contributed by atoms with van der Waals surface area (Å²) in [4.78, 5) is 2.33. The molecule has 3 nitrogen and oxygen atoms in total. The molecule has 1 saturated heterocycles. The summed E-state index contributed by atoms with van der Waals surface area (Å²) in [7, 11) is 2.02. The first-order chi connectivity index (χ1) is 5.72. The molecule has 1 rings (SSSR count). The Balaban J connectivity index is 2.17. The normalized spacial score (nSPS) is 24.2. The van der Waals surface area contributed by atoms with Gasteiger partial charge in [0.1, 0.15) is 0 Å². The first kappa shape index (κ1) is 9.96. The Morgan fingerprint density at radius 3 is 2.50 bits per heavy atom. The molecule has 0 saturated carbocycles. The third kappa shape index (κ3) is 3.09. The maximum atomic E-state index is 9.17. The third-order valence-electron chi connectivity index (χ3n) is 2.52. The van der Waals surface area contributed by atoms with E-state index in [1.807, 2.05) is 14.0 Å². The molecule has 3 heteroatoms. The summed E-state index contributed by atoms with van der Waals surface area (Å²) in [6, 6.07) is 0.690. The lowest BCUT2D eigenvalue weighted by atomic mass is 10.1. The number of nitrogens with one attached hydrogen (secondary N) is 1. The molecule has 0 aliphatic carbocycles. The minimum atomic E-state index is -0.184. The summed E-state index contributed by atoms with van der Waals surface area (Å²) in [5, 5.41) is 12.5. The third-order valence-corrected chi connectivity index (χ3v) is 2.52. The van der Waals surface area contributed by atoms with Gasteiger partial charge in [-0.15, -0.1) is 0 Å². The van der Waals surface area contributed by atoms with E-state index in [2.05, 4.69) is 10.2 Å². The standard InChI is InChI=1S/C9H20N2O/c1-8(12)7-11-5-3-9(10-2)4-6-11/h8-10,12H,3-7H2,1-2H3/t8-/m0/s1. The Hall–Kier alpha value is -0.120. The summed E-state index contributed by atoms with van der Waals surface area (Å²) in [6.45, 7) is 4.92. The van der Waals surface area contributed by atoms with Crippen molar-refractivity contribution in [3.8, 4) is 0 Å². The highest BCUT2D eigenvalue weighted by Gasteiger charge is 2.17. The van der Waals surface area contributed by atoms with Crippen LogP contribution in [0.5, 0.6) is 0 Å². The molecule has 1 aliphatic heterocycles. The first-order valence-corrected chi connectivity index (χ1v) is 4.80. The van der Waals surface area contributed by atoms with Crippen molar-refractivity contribution < 1.29 is 5.11 Å². The molecule has 0 aromatic carbocycles. The molecule has 12 heavy (non-hydrogen) atoms. The fourth-order valence-corrected chi connectivity index (χ4v) is 1.78. The predicted octanol–water partition coefficient (Wildman–Crippen LogP) is 0.0510. The number of hydrogen-bond donors (Lipinski definition) is 2. The Kier molecular flexibility index (Phi) is 3.98. The maximum Gasteiger partial charge on any atom is 0.0639 e. The summed E-state index contributed by atoms with van der Waals surface area (Å²) < 4.78 is 0. The predicted molar refractivity (Wildman–Crippen MR) is 50.2 cm³/mol. The fourth-order valence-electron chi connectivity index (χ4n) is 1.78. The summed E-state index contributed by atoms with van der Waals surface area (Å²) >= 11 is 0. The average Bonchev–Trinajstić information content (AvgIpc) is 2.05. The van der Waals surface area contributed by atoms with Crippen LogP contribution in [0.2, 0.25) is 0 Å². The average molecular weight is 172 g/mol. The van der Waals surface area contributed by atoms with Crippen LogP contribution in [0.4, 0.5) is 0 Å². The van der Waals surface area contributed by atoms with E-state index in [9.17, 15) is 5.11 Å². The molecule has 1 aliphatic rings. The minimum absolute atomic E-state index is 0.184. The number of β-amino-alcohol motifs (C(OH)–C–C–N with tert-alkyl or cyclic N) is 1. The van der Waals surface area contributed by atoms with E-state index < -0.39 is 0 Å². The Labute approximate surface area is 74.8 Å². The quantitative estimate of drug-likeness (QED) is 0.631. The van der Waals surface area contributed by atoms with E-state index in [1.54, 1.807) is 0 Å². The number of rotatable bonds is 3. The molecule has 0 aromatic rings. The lowest BCUT2D eigenvalue weighted by Crippen LogP contribution is -2.43. The van der Waals surface area contributed by atoms with Gasteiger partial charge in [-0.1, -0.05) is 0 Å². The van der Waals surface area contributed by atoms with Crippen molar-refractivity contribution in [1.29, 1.82) is 0 Å². The molecular weight excluding hydrogens is 152 g/mol. The molecule has 1 fully saturated rings. The second-order valence-corrected chi connectivity index (χ2v) is 3.71. The Morgan fingerprint density at radius 2 is 2.08 bits per heavy atom. The highest BCUT2D eigenvalue weighted by molar-refractivity contribution is 4.76. The van der Waals surface area contributed by atoms with Crippen LogP contribution in [-0.4, -0.2) is 48.8 Å². The van der Waals surface area contributed by atoms with Gasteiger partial charge in [0.15, 0.2) is 0 Å². The van der Waals surface area contributed by atoms with Crippen molar-refractivity contribution in [2.75, 3.05) is 26.7 Å². The first-order valence-electron chi connectivity index (χ1n) is 4.80. The molecule has 0 aromatic heterocycles. The van der Waals surface area contributed by atoms with Crippen LogP contribution in [0.1, 0.15) is 19.8 Å². The zero-order chi connectivity index (χ0) is 8.97. The largest absolute Gasteiger partial charge is 0.392 e. The maximum absolute atomic E-state index is 9.17. The zero-order valence-electron chi connectivity index (χ0n) is 8.08. The molecule has 1 heterocycles. The molecular formula is C9H20N2O. The highest BCUT2D eigenvalue weighted by atomic mass is 16.3. The van der Waals surface area contributed by atoms with Gasteiger partial charge < -0.3 is 15.3 Å². The van der Waals surface area contributed by atoms with Gasteiger partial charge in [-0.05, 0) is 39.9 Å². The monoisotopic (exact) mass is 172 g/mol. The summed E-state index contributed by atoms with van der Waals surface area (Å²) in [6.07, 6.45) is 2.24. The topological polar surface area (TPSA) is 35.5 Å². The van der Waals surface area contributed by atoms with Crippen LogP contribution in [0.15, 0.2) is 0 Å². The van der Waals surface area contributed by atoms with Crippen LogP contribution in [0, 0.1) is 0 Å². The summed E-state index contributed by atoms with van der Waals surface area (Å²) in [5.74, 6) is 0. The van der Waals surface area contributed by atoms with Crippen molar-refractivity contribution in [2.45, 2.75) is 31.9 Å². The van der Waals surface area contributed by atoms with Gasteiger partial charge in [-0.25, -0.2) is 0 Å². The van der Waals surface area contributed by atoms with Gasteiger partial charge in [0.05, 0.1) is 6.10 Å². The Morgan fingerprint density at radius 1 is 1.50 bits per heavy atom. The molecule has 0 amide bonds. The molecule has 2 N–H and O–H groups in total. The molecule has 0 spiro atoms. The second kappa shape index (κ2) is 4.80. The smallest absolute Gasteiger partial charge is 0.0639 e. The SMILES string of the molecule is CNC1CCN(C[C@H](C)O)CC1. The van der Waals surface area contributed by atoms with Gasteiger partial charge in [-0.3, -0.25) is 0 Å². The number of hydrogen-bond acceptors (Lipinski definition) is 3. The lowest BCUT2D eigenvalue weighted by Gasteiger charge is -2.32. The Bertz CT molecular complexity index is 120. The number of nitrogens with zero attached hydrogens (tertiary/aromatic N) is 1. The van der Waals surface area contributed by atoms with E-state index in [4.69, 9.17) is 0 Å². The van der Waals surface area contributed by atoms with E-state index in [0.29, 0.717) is 6.04 Å². The van der Waals surface area contributed by atoms with Crippen molar-refractivity contribution in [3.05, 3.63) is 0 Å². The lowest BCUT2D eigenvalue weighted by molar-refractivity contribution is 0.106. The molecule has 0 radical (unpaired) electrons. The van der Waals surface area contributed by atoms with E-state index >= 15 is 0 Å². The zero-order valence-corrected chi connectivity index (χ0v) is 8.08. The number of likely N-dealkylation sites (tertiary alicyclic amines) is 1. The van der Waals surface area contributed by atoms with Crippen molar-refractivity contribution in [3.63, 3.8) is 0 Å². The van der Waals surface area contributed by atoms with Crippen LogP contribution in [0.25, 0.3) is 0 Å². The van der Waals surface area contributed by atoms with Gasteiger partial charge in [0, 0.05) is 12.6 Å². The van der Waals surface area contributed by atoms with E-state index in [-0.39, 0.29) is 6.10 Å². The molecule has 1 atom stereocenters. The van der Waals surface area contributed by atoms with E-state index in [1.165, 1.54) is 12.8 Å². The van der Waals surface area contributed by atoms with Crippen LogP contribution < -0.4 is 5.32 Å². The number of piperidine rings is 1. The van der Waals surface area contributed by atoms with Crippen LogP contribution in [-0.2, 0) is 0 Å². The van der Waals surface area contributed by atoms with Crippen LogP contribution in [0.3, 0.4) is 0 Å². The molecule has 72 valence electrons. The minimum Gasteiger partial charge on any atom is -0.392 e. The highest BCUT2D eigenvalue weighted by Crippen LogP contribution is 2.09. The van der Waals surface area contributed by atoms with E-state index in [0.717, 1.165) is 19.6 Å². The van der Waals surface area contributed by atoms with Gasteiger partial charge >= 0.3 is 0 Å². The van der Waals surface area contributed by atoms with Gasteiger partial charge in [0.2, 0.25) is 0 Å². The van der Waals surface area contributed by atoms with Gasteiger partial charge in [-0.2, -0.15) is 0 Å². The second-order valence-electron chi connectivity index (χ2n) is 3.71. The van der Waals surface area contributed by atoms with Crippen molar-refractivity contribution in [1.82, 2.24) is 10.2 Å². The van der Waals surface area contributed by atoms with Crippen molar-refractivity contribution in [2.24, 2.45) is 0 Å². The summed E-state index contributed by atoms with van der Waals surface area (Å²) in [5.41, 5.74) is 0.